The number of ether oxygens (including phenoxy) is 2. The van der Waals surface area contributed by atoms with Crippen molar-refractivity contribution in [1.29, 1.82) is 0 Å². The molecule has 2 heterocycles. The van der Waals surface area contributed by atoms with Crippen molar-refractivity contribution in [3.05, 3.63) is 60.4 Å². The summed E-state index contributed by atoms with van der Waals surface area (Å²) in [5.74, 6) is 2.37. The van der Waals surface area contributed by atoms with E-state index in [9.17, 15) is 0 Å². The molecule has 0 saturated carbocycles. The highest BCUT2D eigenvalue weighted by Crippen LogP contribution is 2.27. The van der Waals surface area contributed by atoms with Crippen LogP contribution < -0.4 is 20.9 Å². The highest BCUT2D eigenvalue weighted by atomic mass is 16.5. The Morgan fingerprint density at radius 3 is 1.68 bits per heavy atom. The van der Waals surface area contributed by atoms with Crippen molar-refractivity contribution in [3.63, 3.8) is 0 Å². The molecule has 4 N–H and O–H groups in total. The van der Waals surface area contributed by atoms with Gasteiger partial charge in [0.25, 0.3) is 0 Å². The lowest BCUT2D eigenvalue weighted by Gasteiger charge is -2.34. The van der Waals surface area contributed by atoms with Gasteiger partial charge >= 0.3 is 0 Å². The van der Waals surface area contributed by atoms with Crippen LogP contribution in [0.15, 0.2) is 54.6 Å². The quantitative estimate of drug-likeness (QED) is 0.634. The first-order valence-corrected chi connectivity index (χ1v) is 10.4. The van der Waals surface area contributed by atoms with Crippen LogP contribution in [0.2, 0.25) is 0 Å². The van der Waals surface area contributed by atoms with Gasteiger partial charge in [-0.1, -0.05) is 0 Å². The maximum absolute atomic E-state index is 6.18. The number of likely N-dealkylation sites (tertiary alicyclic amines) is 1. The molecule has 1 aliphatic rings. The first kappa shape index (κ1) is 21.2. The number of methoxy groups -OCH3 is 2. The molecule has 7 heteroatoms. The lowest BCUT2D eigenvalue weighted by Crippen LogP contribution is -2.51. The van der Waals surface area contributed by atoms with Crippen molar-refractivity contribution in [1.82, 2.24) is 14.9 Å². The molecule has 1 saturated heterocycles. The summed E-state index contributed by atoms with van der Waals surface area (Å²) >= 11 is 0. The van der Waals surface area contributed by atoms with Crippen molar-refractivity contribution in [3.8, 4) is 34.0 Å². The van der Waals surface area contributed by atoms with Gasteiger partial charge in [-0.15, -0.1) is 0 Å². The van der Waals surface area contributed by atoms with Crippen molar-refractivity contribution in [2.75, 3.05) is 27.3 Å². The van der Waals surface area contributed by atoms with Gasteiger partial charge in [0.1, 0.15) is 17.3 Å². The summed E-state index contributed by atoms with van der Waals surface area (Å²) in [7, 11) is 3.32. The number of hydrogen-bond acceptors (Lipinski definition) is 7. The van der Waals surface area contributed by atoms with Gasteiger partial charge in [0.2, 0.25) is 0 Å². The molecule has 2 unspecified atom stereocenters. The number of piperidine rings is 1. The highest BCUT2D eigenvalue weighted by molar-refractivity contribution is 5.68. The van der Waals surface area contributed by atoms with Crippen LogP contribution in [0, 0.1) is 0 Å². The summed E-state index contributed by atoms with van der Waals surface area (Å²) in [4.78, 5) is 12.0. The van der Waals surface area contributed by atoms with Crippen LogP contribution in [0.1, 0.15) is 12.2 Å². The summed E-state index contributed by atoms with van der Waals surface area (Å²) in [6, 6.07) is 18.0. The second kappa shape index (κ2) is 9.43. The van der Waals surface area contributed by atoms with Crippen molar-refractivity contribution >= 4 is 0 Å². The number of hydrogen-bond donors (Lipinski definition) is 2. The zero-order valence-corrected chi connectivity index (χ0v) is 18.0. The van der Waals surface area contributed by atoms with Gasteiger partial charge in [0.05, 0.1) is 32.2 Å². The van der Waals surface area contributed by atoms with E-state index in [0.717, 1.165) is 59.3 Å². The summed E-state index contributed by atoms with van der Waals surface area (Å²) in [6.07, 6.45) is 0.848. The summed E-state index contributed by atoms with van der Waals surface area (Å²) in [6.45, 7) is 2.19. The minimum absolute atomic E-state index is 0.0783. The van der Waals surface area contributed by atoms with E-state index >= 15 is 0 Å². The van der Waals surface area contributed by atoms with E-state index in [-0.39, 0.29) is 12.1 Å². The maximum atomic E-state index is 6.18. The monoisotopic (exact) mass is 419 g/mol. The largest absolute Gasteiger partial charge is 0.497 e. The Hall–Kier alpha value is -3.00. The third-order valence-corrected chi connectivity index (χ3v) is 5.50. The molecule has 0 amide bonds. The fourth-order valence-electron chi connectivity index (χ4n) is 3.99. The first-order valence-electron chi connectivity index (χ1n) is 10.4. The topological polar surface area (TPSA) is 99.5 Å². The molecule has 1 aliphatic heterocycles. The summed E-state index contributed by atoms with van der Waals surface area (Å²) in [5, 5.41) is 0. The van der Waals surface area contributed by atoms with Crippen molar-refractivity contribution < 1.29 is 9.47 Å². The average Bonchev–Trinajstić information content (AvgIpc) is 2.78. The van der Waals surface area contributed by atoms with E-state index < -0.39 is 0 Å². The summed E-state index contributed by atoms with van der Waals surface area (Å²) < 4.78 is 10.6. The third-order valence-electron chi connectivity index (χ3n) is 5.50. The van der Waals surface area contributed by atoms with Gasteiger partial charge in [-0.25, -0.2) is 9.97 Å². The molecule has 1 fully saturated rings. The van der Waals surface area contributed by atoms with E-state index in [4.69, 9.17) is 30.9 Å². The van der Waals surface area contributed by atoms with Gasteiger partial charge < -0.3 is 20.9 Å². The van der Waals surface area contributed by atoms with Gasteiger partial charge in [-0.3, -0.25) is 4.90 Å². The number of aromatic nitrogens is 2. The Balaban J connectivity index is 1.70. The molecular weight excluding hydrogens is 390 g/mol. The van der Waals surface area contributed by atoms with Crippen LogP contribution in [-0.4, -0.2) is 54.3 Å². The molecule has 2 atom stereocenters. The molecule has 4 rings (SSSR count). The second-order valence-electron chi connectivity index (χ2n) is 7.96. The second-order valence-corrected chi connectivity index (χ2v) is 7.96. The lowest BCUT2D eigenvalue weighted by molar-refractivity contribution is 0.179. The van der Waals surface area contributed by atoms with Gasteiger partial charge in [0.15, 0.2) is 0 Å². The molecule has 2 aromatic carbocycles. The molecular formula is C24H29N5O2. The highest BCUT2D eigenvalue weighted by Gasteiger charge is 2.23. The summed E-state index contributed by atoms with van der Waals surface area (Å²) in [5.41, 5.74) is 16.1. The van der Waals surface area contributed by atoms with E-state index in [1.54, 1.807) is 14.2 Å². The molecule has 0 spiro atoms. The van der Waals surface area contributed by atoms with Crippen LogP contribution in [0.4, 0.5) is 0 Å². The SMILES string of the molecule is COc1ccc(-c2cc(-c3ccc(OC)cc3)nc(CN3CC(N)CC(N)C3)n2)cc1. The number of rotatable bonds is 6. The zero-order valence-electron chi connectivity index (χ0n) is 18.0. The third kappa shape index (κ3) is 5.19. The standard InChI is InChI=1S/C24H29N5O2/c1-30-20-7-3-16(4-8-20)22-12-23(17-5-9-21(31-2)10-6-17)28-24(27-22)15-29-13-18(25)11-19(26)14-29/h3-10,12,18-19H,11,13-15,25-26H2,1-2H3. The van der Waals surface area contributed by atoms with E-state index in [2.05, 4.69) is 4.90 Å². The minimum atomic E-state index is 0.0783. The fourth-order valence-corrected chi connectivity index (χ4v) is 3.99. The average molecular weight is 420 g/mol. The van der Waals surface area contributed by atoms with Gasteiger partial charge in [-0.05, 0) is 61.0 Å². The Labute approximate surface area is 183 Å². The van der Waals surface area contributed by atoms with Crippen molar-refractivity contribution in [2.24, 2.45) is 11.5 Å². The van der Waals surface area contributed by atoms with Crippen LogP contribution in [0.5, 0.6) is 11.5 Å². The normalized spacial score (nSPS) is 19.2. The Morgan fingerprint density at radius 2 is 1.26 bits per heavy atom. The Morgan fingerprint density at radius 1 is 0.806 bits per heavy atom. The number of nitrogens with zero attached hydrogens (tertiary/aromatic N) is 3. The van der Waals surface area contributed by atoms with Crippen molar-refractivity contribution in [2.45, 2.75) is 25.0 Å². The van der Waals surface area contributed by atoms with E-state index in [1.165, 1.54) is 0 Å². The molecule has 0 radical (unpaired) electrons. The van der Waals surface area contributed by atoms with Crippen LogP contribution in [0.25, 0.3) is 22.5 Å². The fraction of sp³-hybridized carbons (Fsp3) is 0.333. The Bertz CT molecular complexity index is 932. The van der Waals surface area contributed by atoms with Crippen LogP contribution >= 0.6 is 0 Å². The van der Waals surface area contributed by atoms with E-state index in [0.29, 0.717) is 6.54 Å². The molecule has 1 aromatic heterocycles. The molecule has 0 aliphatic carbocycles. The molecule has 0 bridgehead atoms. The molecule has 7 nitrogen and oxygen atoms in total. The smallest absolute Gasteiger partial charge is 0.143 e. The first-order chi connectivity index (χ1) is 15.0. The predicted molar refractivity (Wildman–Crippen MR) is 122 cm³/mol. The lowest BCUT2D eigenvalue weighted by atomic mass is 10.0. The van der Waals surface area contributed by atoms with E-state index in [1.807, 2.05) is 54.6 Å². The van der Waals surface area contributed by atoms with Gasteiger partial charge in [-0.2, -0.15) is 0 Å². The predicted octanol–water partition coefficient (Wildman–Crippen LogP) is 2.69. The molecule has 162 valence electrons. The Kier molecular flexibility index (Phi) is 6.46. The maximum Gasteiger partial charge on any atom is 0.143 e. The minimum Gasteiger partial charge on any atom is -0.497 e. The number of nitrogens with two attached hydrogens (primary N) is 2. The van der Waals surface area contributed by atoms with Gasteiger partial charge in [0, 0.05) is 36.3 Å². The zero-order chi connectivity index (χ0) is 21.8. The number of benzene rings is 2. The van der Waals surface area contributed by atoms with Crippen LogP contribution in [-0.2, 0) is 6.54 Å². The molecule has 31 heavy (non-hydrogen) atoms. The molecule has 3 aromatic rings. The van der Waals surface area contributed by atoms with Crippen LogP contribution in [0.3, 0.4) is 0 Å².